The average molecular weight is 281 g/mol. The van der Waals surface area contributed by atoms with Crippen molar-refractivity contribution in [2.45, 2.75) is 25.7 Å². The number of hydrogen-bond acceptors (Lipinski definition) is 6. The summed E-state index contributed by atoms with van der Waals surface area (Å²) >= 11 is 0. The van der Waals surface area contributed by atoms with Crippen LogP contribution in [0.15, 0.2) is 18.2 Å². The minimum Gasteiger partial charge on any atom is -0.379 e. The first-order chi connectivity index (χ1) is 9.56. The Morgan fingerprint density at radius 1 is 1.10 bits per heavy atom. The first kappa shape index (κ1) is 15.5. The van der Waals surface area contributed by atoms with Crippen LogP contribution in [-0.4, -0.2) is 22.7 Å². The van der Waals surface area contributed by atoms with E-state index in [0.717, 1.165) is 31.6 Å². The molecule has 0 aliphatic carbocycles. The van der Waals surface area contributed by atoms with Gasteiger partial charge in [-0.3, -0.25) is 20.2 Å². The van der Waals surface area contributed by atoms with Crippen LogP contribution in [0.3, 0.4) is 0 Å². The summed E-state index contributed by atoms with van der Waals surface area (Å²) in [7, 11) is 0. The number of unbranched alkanes of at least 4 members (excludes halogenated alkanes) is 3. The van der Waals surface area contributed by atoms with E-state index in [9.17, 15) is 25.0 Å². The Morgan fingerprint density at radius 2 is 1.85 bits per heavy atom. The zero-order chi connectivity index (χ0) is 15.0. The van der Waals surface area contributed by atoms with E-state index >= 15 is 0 Å². The largest absolute Gasteiger partial charge is 0.379 e. The highest BCUT2D eigenvalue weighted by Crippen LogP contribution is 2.28. The van der Waals surface area contributed by atoms with Gasteiger partial charge in [0, 0.05) is 19.0 Å². The van der Waals surface area contributed by atoms with Crippen LogP contribution in [-0.2, 0) is 4.79 Å². The molecule has 0 fully saturated rings. The molecule has 0 aliphatic heterocycles. The van der Waals surface area contributed by atoms with Crippen molar-refractivity contribution in [1.29, 1.82) is 0 Å². The molecule has 0 heterocycles. The lowest BCUT2D eigenvalue weighted by molar-refractivity contribution is -0.393. The number of anilines is 1. The molecule has 0 unspecified atom stereocenters. The maximum Gasteiger partial charge on any atom is 0.299 e. The van der Waals surface area contributed by atoms with Crippen molar-refractivity contribution in [3.05, 3.63) is 38.4 Å². The van der Waals surface area contributed by atoms with E-state index in [2.05, 4.69) is 5.32 Å². The number of non-ortho nitro benzene ring substituents is 1. The van der Waals surface area contributed by atoms with Gasteiger partial charge in [-0.05, 0) is 18.9 Å². The van der Waals surface area contributed by atoms with Gasteiger partial charge in [0.15, 0.2) is 0 Å². The number of rotatable bonds is 9. The van der Waals surface area contributed by atoms with Gasteiger partial charge in [-0.15, -0.1) is 0 Å². The van der Waals surface area contributed by atoms with Crippen molar-refractivity contribution < 1.29 is 14.6 Å². The van der Waals surface area contributed by atoms with Crippen molar-refractivity contribution >= 4 is 23.3 Å². The summed E-state index contributed by atoms with van der Waals surface area (Å²) in [5.74, 6) is 0. The molecule has 0 amide bonds. The van der Waals surface area contributed by atoms with Gasteiger partial charge >= 0.3 is 0 Å². The van der Waals surface area contributed by atoms with Crippen LogP contribution in [0.4, 0.5) is 17.1 Å². The normalized spacial score (nSPS) is 10.0. The third kappa shape index (κ3) is 4.63. The molecular weight excluding hydrogens is 266 g/mol. The van der Waals surface area contributed by atoms with Crippen LogP contribution in [0.25, 0.3) is 0 Å². The number of nitrogens with one attached hydrogen (secondary N) is 1. The summed E-state index contributed by atoms with van der Waals surface area (Å²) in [5, 5.41) is 24.3. The molecule has 0 spiro atoms. The van der Waals surface area contributed by atoms with Crippen molar-refractivity contribution in [1.82, 2.24) is 0 Å². The lowest BCUT2D eigenvalue weighted by Gasteiger charge is -2.06. The molecule has 20 heavy (non-hydrogen) atoms. The fourth-order valence-electron chi connectivity index (χ4n) is 1.69. The van der Waals surface area contributed by atoms with Gasteiger partial charge in [-0.1, -0.05) is 6.42 Å². The van der Waals surface area contributed by atoms with Gasteiger partial charge in [0.2, 0.25) is 0 Å². The minimum absolute atomic E-state index is 0.260. The molecule has 8 nitrogen and oxygen atoms in total. The molecular formula is C12H15N3O5. The molecule has 0 saturated heterocycles. The summed E-state index contributed by atoms with van der Waals surface area (Å²) in [5.41, 5.74) is -0.365. The number of nitro groups is 2. The van der Waals surface area contributed by atoms with Crippen LogP contribution in [0.2, 0.25) is 0 Å². The second kappa shape index (κ2) is 7.82. The number of carbonyl (C=O) groups excluding carboxylic acids is 1. The van der Waals surface area contributed by atoms with E-state index in [1.807, 2.05) is 0 Å². The third-order valence-electron chi connectivity index (χ3n) is 2.70. The minimum atomic E-state index is -0.670. The highest BCUT2D eigenvalue weighted by atomic mass is 16.6. The fourth-order valence-corrected chi connectivity index (χ4v) is 1.69. The smallest absolute Gasteiger partial charge is 0.299 e. The van der Waals surface area contributed by atoms with E-state index in [1.165, 1.54) is 12.1 Å². The molecule has 1 aromatic rings. The molecule has 108 valence electrons. The SMILES string of the molecule is O=CCCCCCNc1ccc([N+](=O)[O-])cc1[N+](=O)[O-]. The van der Waals surface area contributed by atoms with Crippen LogP contribution in [0, 0.1) is 20.2 Å². The van der Waals surface area contributed by atoms with Gasteiger partial charge < -0.3 is 10.1 Å². The van der Waals surface area contributed by atoms with Crippen molar-refractivity contribution in [3.63, 3.8) is 0 Å². The molecule has 0 aromatic heterocycles. The first-order valence-corrected chi connectivity index (χ1v) is 6.16. The standard InChI is InChI=1S/C12H15N3O5/c16-8-4-2-1-3-7-13-11-6-5-10(14(17)18)9-12(11)15(19)20/h5-6,8-9,13H,1-4,7H2. The Hall–Kier alpha value is -2.51. The topological polar surface area (TPSA) is 115 Å². The fraction of sp³-hybridized carbons (Fsp3) is 0.417. The summed E-state index contributed by atoms with van der Waals surface area (Å²) < 4.78 is 0. The van der Waals surface area contributed by atoms with E-state index in [0.29, 0.717) is 13.0 Å². The van der Waals surface area contributed by atoms with Gasteiger partial charge in [0.25, 0.3) is 11.4 Å². The maximum absolute atomic E-state index is 10.9. The lowest BCUT2D eigenvalue weighted by atomic mass is 10.2. The predicted octanol–water partition coefficient (Wildman–Crippen LogP) is 2.67. The molecule has 0 saturated carbocycles. The lowest BCUT2D eigenvalue weighted by Crippen LogP contribution is -2.05. The molecule has 8 heteroatoms. The van der Waals surface area contributed by atoms with Crippen LogP contribution >= 0.6 is 0 Å². The average Bonchev–Trinajstić information content (AvgIpc) is 2.42. The van der Waals surface area contributed by atoms with Crippen molar-refractivity contribution in [2.75, 3.05) is 11.9 Å². The number of aldehydes is 1. The van der Waals surface area contributed by atoms with E-state index in [-0.39, 0.29) is 17.1 Å². The third-order valence-corrected chi connectivity index (χ3v) is 2.70. The highest BCUT2D eigenvalue weighted by molar-refractivity contribution is 5.65. The number of carbonyl (C=O) groups is 1. The zero-order valence-corrected chi connectivity index (χ0v) is 10.8. The Labute approximate surface area is 115 Å². The molecule has 1 aromatic carbocycles. The predicted molar refractivity (Wildman–Crippen MR) is 72.8 cm³/mol. The van der Waals surface area contributed by atoms with Crippen LogP contribution < -0.4 is 5.32 Å². The Balaban J connectivity index is 2.62. The Morgan fingerprint density at radius 3 is 2.45 bits per heavy atom. The monoisotopic (exact) mass is 281 g/mol. The molecule has 0 atom stereocenters. The molecule has 1 N–H and O–H groups in total. The van der Waals surface area contributed by atoms with E-state index in [1.54, 1.807) is 0 Å². The van der Waals surface area contributed by atoms with Crippen LogP contribution in [0.1, 0.15) is 25.7 Å². The quantitative estimate of drug-likeness (QED) is 0.322. The number of nitrogens with zero attached hydrogens (tertiary/aromatic N) is 2. The van der Waals surface area contributed by atoms with Crippen LogP contribution in [0.5, 0.6) is 0 Å². The van der Waals surface area contributed by atoms with Crippen molar-refractivity contribution in [2.24, 2.45) is 0 Å². The summed E-state index contributed by atoms with van der Waals surface area (Å²) in [6.45, 7) is 0.511. The molecule has 0 bridgehead atoms. The zero-order valence-electron chi connectivity index (χ0n) is 10.8. The summed E-state index contributed by atoms with van der Waals surface area (Å²) in [6, 6.07) is 3.50. The Kier molecular flexibility index (Phi) is 6.08. The molecule has 1 rings (SSSR count). The van der Waals surface area contributed by atoms with Gasteiger partial charge in [0.05, 0.1) is 15.9 Å². The maximum atomic E-state index is 10.9. The van der Waals surface area contributed by atoms with Gasteiger partial charge in [-0.2, -0.15) is 0 Å². The number of nitro benzene ring substituents is 2. The number of hydrogen-bond donors (Lipinski definition) is 1. The summed E-state index contributed by atoms with van der Waals surface area (Å²) in [6.07, 6.45) is 3.76. The number of benzene rings is 1. The molecule has 0 radical (unpaired) electrons. The van der Waals surface area contributed by atoms with E-state index < -0.39 is 9.85 Å². The second-order valence-electron chi connectivity index (χ2n) is 4.16. The second-order valence-corrected chi connectivity index (χ2v) is 4.16. The Bertz CT molecular complexity index is 504. The first-order valence-electron chi connectivity index (χ1n) is 6.16. The summed E-state index contributed by atoms with van der Waals surface area (Å²) in [4.78, 5) is 30.3. The van der Waals surface area contributed by atoms with Gasteiger partial charge in [0.1, 0.15) is 12.0 Å². The van der Waals surface area contributed by atoms with E-state index in [4.69, 9.17) is 0 Å². The molecule has 0 aliphatic rings. The van der Waals surface area contributed by atoms with Crippen molar-refractivity contribution in [3.8, 4) is 0 Å². The van der Waals surface area contributed by atoms with Gasteiger partial charge in [-0.25, -0.2) is 0 Å². The highest BCUT2D eigenvalue weighted by Gasteiger charge is 2.18.